The number of H-pyrrole nitrogens is 1. The van der Waals surface area contributed by atoms with E-state index in [0.717, 1.165) is 41.4 Å². The van der Waals surface area contributed by atoms with Gasteiger partial charge in [-0.3, -0.25) is 14.5 Å². The molecular weight excluding hydrogens is 400 g/mol. The second-order valence-corrected chi connectivity index (χ2v) is 7.67. The maximum absolute atomic E-state index is 12.7. The summed E-state index contributed by atoms with van der Waals surface area (Å²) in [6.07, 6.45) is 1.79. The van der Waals surface area contributed by atoms with Crippen LogP contribution in [-0.4, -0.2) is 38.5 Å². The highest BCUT2D eigenvalue weighted by Gasteiger charge is 2.21. The largest absolute Gasteiger partial charge is 0.497 e. The predicted molar refractivity (Wildman–Crippen MR) is 116 cm³/mol. The third-order valence-corrected chi connectivity index (χ3v) is 5.59. The molecule has 8 nitrogen and oxygen atoms in total. The van der Waals surface area contributed by atoms with Gasteiger partial charge in [-0.2, -0.15) is 5.26 Å². The number of ether oxygens (including phenoxy) is 1. The molecule has 156 valence electrons. The van der Waals surface area contributed by atoms with Crippen LogP contribution in [0.25, 0.3) is 5.69 Å². The van der Waals surface area contributed by atoms with Crippen molar-refractivity contribution in [2.24, 2.45) is 0 Å². The lowest BCUT2D eigenvalue weighted by Gasteiger charge is -2.13. The molecule has 3 aromatic rings. The molecule has 0 bridgehead atoms. The quantitative estimate of drug-likeness (QED) is 0.533. The van der Waals surface area contributed by atoms with E-state index in [2.05, 4.69) is 33.5 Å². The predicted octanol–water partition coefficient (Wildman–Crippen LogP) is 3.78. The normalized spacial score (nSPS) is 10.6. The molecule has 2 heterocycles. The van der Waals surface area contributed by atoms with Crippen LogP contribution in [0, 0.1) is 25.2 Å². The first kappa shape index (κ1) is 21.5. The Kier molecular flexibility index (Phi) is 6.79. The number of carbonyl (C=O) groups excluding carboxylic acids is 1. The molecule has 0 saturated heterocycles. The molecule has 2 N–H and O–H groups in total. The number of nitriles is 1. The summed E-state index contributed by atoms with van der Waals surface area (Å²) in [4.78, 5) is 17.0. The molecule has 0 radical (unpaired) electrons. The van der Waals surface area contributed by atoms with Crippen molar-refractivity contribution in [2.75, 3.05) is 18.2 Å². The monoisotopic (exact) mass is 424 g/mol. The number of aromatic amines is 1. The number of hydrogen-bond donors (Lipinski definition) is 2. The number of aromatic nitrogens is 4. The van der Waals surface area contributed by atoms with Gasteiger partial charge in [-0.25, -0.2) is 4.98 Å². The molecule has 1 aromatic carbocycles. The number of benzene rings is 1. The minimum atomic E-state index is -0.231. The first-order chi connectivity index (χ1) is 14.5. The van der Waals surface area contributed by atoms with Gasteiger partial charge >= 0.3 is 0 Å². The molecule has 1 amide bonds. The van der Waals surface area contributed by atoms with Gasteiger partial charge in [0.15, 0.2) is 0 Å². The zero-order valence-corrected chi connectivity index (χ0v) is 18.3. The number of hydrogen-bond acceptors (Lipinski definition) is 6. The topological polar surface area (TPSA) is 109 Å². The average molecular weight is 425 g/mol. The Hall–Kier alpha value is -3.25. The van der Waals surface area contributed by atoms with Gasteiger partial charge in [-0.15, -0.1) is 5.10 Å². The molecule has 0 spiro atoms. The van der Waals surface area contributed by atoms with Gasteiger partial charge < -0.3 is 10.1 Å². The highest BCUT2D eigenvalue weighted by Crippen LogP contribution is 2.31. The van der Waals surface area contributed by atoms with Crippen LogP contribution in [0.1, 0.15) is 36.0 Å². The number of nitrogens with zero attached hydrogens (tertiary/aromatic N) is 4. The van der Waals surface area contributed by atoms with E-state index in [1.165, 1.54) is 11.8 Å². The molecule has 2 aromatic heterocycles. The summed E-state index contributed by atoms with van der Waals surface area (Å²) in [5.74, 6) is 1.92. The number of amides is 1. The molecule has 9 heteroatoms. The van der Waals surface area contributed by atoms with Crippen LogP contribution in [0.4, 0.5) is 5.82 Å². The maximum Gasteiger partial charge on any atom is 0.236 e. The Bertz CT molecular complexity index is 1080. The molecule has 3 rings (SSSR count). The number of aryl methyl sites for hydroxylation is 1. The van der Waals surface area contributed by atoms with Gasteiger partial charge in [0.1, 0.15) is 23.5 Å². The van der Waals surface area contributed by atoms with E-state index >= 15 is 0 Å². The van der Waals surface area contributed by atoms with Gasteiger partial charge in [0.05, 0.1) is 18.4 Å². The number of rotatable bonds is 8. The van der Waals surface area contributed by atoms with Crippen LogP contribution in [0.15, 0.2) is 29.4 Å². The van der Waals surface area contributed by atoms with E-state index in [9.17, 15) is 10.1 Å². The zero-order chi connectivity index (χ0) is 21.7. The molecule has 0 unspecified atom stereocenters. The molecule has 0 aliphatic heterocycles. The second-order valence-electron chi connectivity index (χ2n) is 6.73. The standard InChI is InChI=1S/C21H24N6O2S/c1-5-6-18-23-21(26-25-18)30-12-19(28)24-20-17(11-22)13(2)14(3)27(20)15-7-9-16(29-4)10-8-15/h7-10H,5-6,12H2,1-4H3,(H,24,28)(H,23,25,26). The summed E-state index contributed by atoms with van der Waals surface area (Å²) in [5, 5.41) is 20.1. The molecule has 0 fully saturated rings. The Morgan fingerprint density at radius 2 is 2.07 bits per heavy atom. The van der Waals surface area contributed by atoms with Crippen LogP contribution >= 0.6 is 11.8 Å². The summed E-state index contributed by atoms with van der Waals surface area (Å²) in [6, 6.07) is 9.68. The Labute approximate surface area is 179 Å². The van der Waals surface area contributed by atoms with Gasteiger partial charge in [-0.05, 0) is 50.1 Å². The first-order valence-corrected chi connectivity index (χ1v) is 10.6. The van der Waals surface area contributed by atoms with E-state index in [1.54, 1.807) is 7.11 Å². The summed E-state index contributed by atoms with van der Waals surface area (Å²) in [5.41, 5.74) is 3.00. The smallest absolute Gasteiger partial charge is 0.236 e. The van der Waals surface area contributed by atoms with Crippen molar-refractivity contribution in [3.05, 3.63) is 46.9 Å². The summed E-state index contributed by atoms with van der Waals surface area (Å²) < 4.78 is 7.10. The minimum Gasteiger partial charge on any atom is -0.497 e. The van der Waals surface area contributed by atoms with E-state index in [0.29, 0.717) is 16.5 Å². The molecule has 0 saturated carbocycles. The number of nitrogens with one attached hydrogen (secondary N) is 2. The third kappa shape index (κ3) is 4.49. The highest BCUT2D eigenvalue weighted by atomic mass is 32.2. The maximum atomic E-state index is 12.7. The first-order valence-electron chi connectivity index (χ1n) is 9.58. The van der Waals surface area contributed by atoms with Crippen LogP contribution in [0.3, 0.4) is 0 Å². The van der Waals surface area contributed by atoms with Gasteiger partial charge in [0.2, 0.25) is 11.1 Å². The van der Waals surface area contributed by atoms with E-state index in [4.69, 9.17) is 4.74 Å². The van der Waals surface area contributed by atoms with Gasteiger partial charge in [0.25, 0.3) is 0 Å². The number of thioether (sulfide) groups is 1. The molecule has 30 heavy (non-hydrogen) atoms. The van der Waals surface area contributed by atoms with Crippen molar-refractivity contribution in [2.45, 2.75) is 38.8 Å². The molecule has 0 atom stereocenters. The van der Waals surface area contributed by atoms with Gasteiger partial charge in [0, 0.05) is 17.8 Å². The second kappa shape index (κ2) is 9.50. The zero-order valence-electron chi connectivity index (χ0n) is 17.4. The molecule has 0 aliphatic rings. The number of carbonyl (C=O) groups is 1. The summed E-state index contributed by atoms with van der Waals surface area (Å²) >= 11 is 1.25. The number of methoxy groups -OCH3 is 1. The lowest BCUT2D eigenvalue weighted by Crippen LogP contribution is -2.17. The summed E-state index contributed by atoms with van der Waals surface area (Å²) in [6.45, 7) is 5.87. The van der Waals surface area contributed by atoms with Crippen LogP contribution < -0.4 is 10.1 Å². The van der Waals surface area contributed by atoms with Crippen molar-refractivity contribution >= 4 is 23.5 Å². The summed E-state index contributed by atoms with van der Waals surface area (Å²) in [7, 11) is 1.61. The van der Waals surface area contributed by atoms with Crippen molar-refractivity contribution in [3.63, 3.8) is 0 Å². The lowest BCUT2D eigenvalue weighted by molar-refractivity contribution is -0.113. The highest BCUT2D eigenvalue weighted by molar-refractivity contribution is 7.99. The van der Waals surface area contributed by atoms with E-state index < -0.39 is 0 Å². The fourth-order valence-electron chi connectivity index (χ4n) is 3.10. The van der Waals surface area contributed by atoms with Gasteiger partial charge in [-0.1, -0.05) is 18.7 Å². The van der Waals surface area contributed by atoms with Crippen LogP contribution in [0.2, 0.25) is 0 Å². The number of anilines is 1. The Morgan fingerprint density at radius 1 is 1.33 bits per heavy atom. The Morgan fingerprint density at radius 3 is 2.70 bits per heavy atom. The SMILES string of the molecule is CCCc1nc(SCC(=O)Nc2c(C#N)c(C)c(C)n2-c2ccc(OC)cc2)n[nH]1. The van der Waals surface area contributed by atoms with E-state index in [1.807, 2.05) is 42.7 Å². The van der Waals surface area contributed by atoms with Crippen LogP contribution in [0.5, 0.6) is 5.75 Å². The average Bonchev–Trinajstić information content (AvgIpc) is 3.29. The lowest BCUT2D eigenvalue weighted by atomic mass is 10.2. The Balaban J connectivity index is 1.82. The third-order valence-electron chi connectivity index (χ3n) is 4.74. The fourth-order valence-corrected chi connectivity index (χ4v) is 3.72. The van der Waals surface area contributed by atoms with Crippen molar-refractivity contribution in [1.29, 1.82) is 5.26 Å². The van der Waals surface area contributed by atoms with Crippen LogP contribution in [-0.2, 0) is 11.2 Å². The molecular formula is C21H24N6O2S. The van der Waals surface area contributed by atoms with Crippen molar-refractivity contribution in [3.8, 4) is 17.5 Å². The van der Waals surface area contributed by atoms with E-state index in [-0.39, 0.29) is 11.7 Å². The van der Waals surface area contributed by atoms with Crippen molar-refractivity contribution < 1.29 is 9.53 Å². The molecule has 0 aliphatic carbocycles. The fraction of sp³-hybridized carbons (Fsp3) is 0.333. The minimum absolute atomic E-state index is 0.139. The van der Waals surface area contributed by atoms with Crippen molar-refractivity contribution in [1.82, 2.24) is 19.7 Å².